The fourth-order valence-corrected chi connectivity index (χ4v) is 3.40. The maximum atomic E-state index is 4.76. The third kappa shape index (κ3) is 3.38. The number of aryl methyl sites for hydroxylation is 2. The highest BCUT2D eigenvalue weighted by Crippen LogP contribution is 2.28. The van der Waals surface area contributed by atoms with Gasteiger partial charge in [0.2, 0.25) is 0 Å². The number of anilines is 1. The molecule has 0 fully saturated rings. The number of nitrogens with zero attached hydrogens (tertiary/aromatic N) is 2. The number of aromatic nitrogens is 2. The Balaban J connectivity index is 1.76. The minimum absolute atomic E-state index is 0.828. The predicted molar refractivity (Wildman–Crippen MR) is 89.0 cm³/mol. The molecular formula is C17H21N3S. The first-order chi connectivity index (χ1) is 10.3. The van der Waals surface area contributed by atoms with E-state index in [2.05, 4.69) is 43.4 Å². The van der Waals surface area contributed by atoms with Crippen LogP contribution in [0.5, 0.6) is 0 Å². The normalized spacial score (nSPS) is 13.2. The number of nitrogens with one attached hydrogen (secondary N) is 1. The minimum atomic E-state index is 0.828. The van der Waals surface area contributed by atoms with E-state index in [4.69, 9.17) is 9.97 Å². The van der Waals surface area contributed by atoms with Gasteiger partial charge in [-0.05, 0) is 45.2 Å². The number of fused-ring (bicyclic) bond motifs is 1. The first kappa shape index (κ1) is 14.4. The summed E-state index contributed by atoms with van der Waals surface area (Å²) < 4.78 is 0. The van der Waals surface area contributed by atoms with Gasteiger partial charge in [0.15, 0.2) is 0 Å². The van der Waals surface area contributed by atoms with Crippen molar-refractivity contribution in [3.05, 3.63) is 46.9 Å². The lowest BCUT2D eigenvalue weighted by atomic mass is 10.2. The Hall–Kier alpha value is -1.55. The standard InChI is InChI=1S/C17H21N3S/c1-3-18-17-14-5-4-6-15(14)19-16(20-17)11-21-13-9-7-12(2)8-10-13/h7-10H,3-6,11H2,1-2H3,(H,18,19,20). The Labute approximate surface area is 130 Å². The van der Waals surface area contributed by atoms with E-state index in [0.717, 1.165) is 36.8 Å². The van der Waals surface area contributed by atoms with Crippen molar-refractivity contribution in [3.8, 4) is 0 Å². The van der Waals surface area contributed by atoms with Crippen molar-refractivity contribution in [2.45, 2.75) is 43.8 Å². The molecule has 0 aliphatic heterocycles. The molecule has 0 amide bonds. The maximum absolute atomic E-state index is 4.76. The molecule has 1 aromatic heterocycles. The topological polar surface area (TPSA) is 37.8 Å². The van der Waals surface area contributed by atoms with Crippen molar-refractivity contribution in [3.63, 3.8) is 0 Å². The molecule has 1 heterocycles. The van der Waals surface area contributed by atoms with Crippen molar-refractivity contribution >= 4 is 17.6 Å². The molecule has 1 aromatic carbocycles. The molecule has 2 aromatic rings. The van der Waals surface area contributed by atoms with Crippen LogP contribution < -0.4 is 5.32 Å². The average molecular weight is 299 g/mol. The van der Waals surface area contributed by atoms with Crippen LogP contribution in [0.25, 0.3) is 0 Å². The summed E-state index contributed by atoms with van der Waals surface area (Å²) in [6.07, 6.45) is 3.42. The highest BCUT2D eigenvalue weighted by molar-refractivity contribution is 7.98. The summed E-state index contributed by atoms with van der Waals surface area (Å²) in [7, 11) is 0. The van der Waals surface area contributed by atoms with Gasteiger partial charge < -0.3 is 5.32 Å². The SMILES string of the molecule is CCNc1nc(CSc2ccc(C)cc2)nc2c1CCC2. The van der Waals surface area contributed by atoms with Crippen molar-refractivity contribution in [2.75, 3.05) is 11.9 Å². The Bertz CT molecular complexity index is 623. The highest BCUT2D eigenvalue weighted by Gasteiger charge is 2.18. The summed E-state index contributed by atoms with van der Waals surface area (Å²) in [4.78, 5) is 10.8. The molecule has 21 heavy (non-hydrogen) atoms. The quantitative estimate of drug-likeness (QED) is 0.847. The zero-order valence-electron chi connectivity index (χ0n) is 12.6. The second-order valence-electron chi connectivity index (χ2n) is 5.40. The zero-order chi connectivity index (χ0) is 14.7. The van der Waals surface area contributed by atoms with E-state index in [0.29, 0.717) is 0 Å². The van der Waals surface area contributed by atoms with Crippen molar-refractivity contribution < 1.29 is 0 Å². The number of hydrogen-bond acceptors (Lipinski definition) is 4. The van der Waals surface area contributed by atoms with Crippen LogP contribution in [0.2, 0.25) is 0 Å². The van der Waals surface area contributed by atoms with Crippen LogP contribution in [0.15, 0.2) is 29.2 Å². The minimum Gasteiger partial charge on any atom is -0.370 e. The lowest BCUT2D eigenvalue weighted by Gasteiger charge is -2.11. The molecule has 0 atom stereocenters. The monoisotopic (exact) mass is 299 g/mol. The van der Waals surface area contributed by atoms with Gasteiger partial charge in [0.05, 0.1) is 5.75 Å². The summed E-state index contributed by atoms with van der Waals surface area (Å²) in [6, 6.07) is 8.63. The summed E-state index contributed by atoms with van der Waals surface area (Å²) in [5.74, 6) is 2.83. The number of benzene rings is 1. The van der Waals surface area contributed by atoms with Gasteiger partial charge in [-0.1, -0.05) is 17.7 Å². The Morgan fingerprint density at radius 1 is 1.14 bits per heavy atom. The molecule has 0 saturated carbocycles. The first-order valence-corrected chi connectivity index (χ1v) is 8.57. The molecule has 1 aliphatic rings. The van der Waals surface area contributed by atoms with Crippen molar-refractivity contribution in [1.29, 1.82) is 0 Å². The van der Waals surface area contributed by atoms with Gasteiger partial charge in [0.1, 0.15) is 11.6 Å². The summed E-state index contributed by atoms with van der Waals surface area (Å²) in [5, 5.41) is 3.39. The Morgan fingerprint density at radius 3 is 2.71 bits per heavy atom. The molecule has 1 aliphatic carbocycles. The van der Waals surface area contributed by atoms with Gasteiger partial charge in [0, 0.05) is 22.7 Å². The van der Waals surface area contributed by atoms with Crippen LogP contribution in [0.4, 0.5) is 5.82 Å². The maximum Gasteiger partial charge on any atom is 0.141 e. The molecule has 3 rings (SSSR count). The van der Waals surface area contributed by atoms with Crippen molar-refractivity contribution in [1.82, 2.24) is 9.97 Å². The molecular weight excluding hydrogens is 278 g/mol. The molecule has 1 N–H and O–H groups in total. The van der Waals surface area contributed by atoms with E-state index >= 15 is 0 Å². The molecule has 0 radical (unpaired) electrons. The van der Waals surface area contributed by atoms with Crippen LogP contribution in [0, 0.1) is 6.92 Å². The van der Waals surface area contributed by atoms with E-state index in [-0.39, 0.29) is 0 Å². The summed E-state index contributed by atoms with van der Waals surface area (Å²) in [5.41, 5.74) is 3.88. The van der Waals surface area contributed by atoms with Crippen LogP contribution in [0.3, 0.4) is 0 Å². The van der Waals surface area contributed by atoms with Crippen LogP contribution in [-0.4, -0.2) is 16.5 Å². The summed E-state index contributed by atoms with van der Waals surface area (Å²) in [6.45, 7) is 5.14. The van der Waals surface area contributed by atoms with Gasteiger partial charge in [-0.15, -0.1) is 11.8 Å². The van der Waals surface area contributed by atoms with E-state index < -0.39 is 0 Å². The summed E-state index contributed by atoms with van der Waals surface area (Å²) >= 11 is 1.80. The van der Waals surface area contributed by atoms with Crippen LogP contribution in [0.1, 0.15) is 36.0 Å². The van der Waals surface area contributed by atoms with Gasteiger partial charge in [-0.25, -0.2) is 9.97 Å². The van der Waals surface area contributed by atoms with E-state index in [9.17, 15) is 0 Å². The third-order valence-electron chi connectivity index (χ3n) is 3.71. The molecule has 0 bridgehead atoms. The van der Waals surface area contributed by atoms with Gasteiger partial charge in [-0.3, -0.25) is 0 Å². The molecule has 0 spiro atoms. The largest absolute Gasteiger partial charge is 0.370 e. The second kappa shape index (κ2) is 6.48. The first-order valence-electron chi connectivity index (χ1n) is 7.58. The predicted octanol–water partition coefficient (Wildman–Crippen LogP) is 4.00. The fourth-order valence-electron chi connectivity index (χ4n) is 2.64. The van der Waals surface area contributed by atoms with Crippen LogP contribution >= 0.6 is 11.8 Å². The van der Waals surface area contributed by atoms with E-state index in [1.165, 1.54) is 28.1 Å². The second-order valence-corrected chi connectivity index (χ2v) is 6.45. The molecule has 0 saturated heterocycles. The molecule has 0 unspecified atom stereocenters. The highest BCUT2D eigenvalue weighted by atomic mass is 32.2. The Kier molecular flexibility index (Phi) is 4.44. The van der Waals surface area contributed by atoms with Gasteiger partial charge in [-0.2, -0.15) is 0 Å². The Morgan fingerprint density at radius 2 is 1.95 bits per heavy atom. The fraction of sp³-hybridized carbons (Fsp3) is 0.412. The average Bonchev–Trinajstić information content (AvgIpc) is 2.96. The lowest BCUT2D eigenvalue weighted by molar-refractivity contribution is 0.893. The van der Waals surface area contributed by atoms with Crippen LogP contribution in [-0.2, 0) is 18.6 Å². The molecule has 4 heteroatoms. The van der Waals surface area contributed by atoms with Gasteiger partial charge >= 0.3 is 0 Å². The van der Waals surface area contributed by atoms with Gasteiger partial charge in [0.25, 0.3) is 0 Å². The lowest BCUT2D eigenvalue weighted by Crippen LogP contribution is -2.08. The van der Waals surface area contributed by atoms with E-state index in [1.54, 1.807) is 11.8 Å². The van der Waals surface area contributed by atoms with E-state index in [1.807, 2.05) is 0 Å². The third-order valence-corrected chi connectivity index (χ3v) is 4.72. The zero-order valence-corrected chi connectivity index (χ0v) is 13.5. The smallest absolute Gasteiger partial charge is 0.141 e. The molecule has 110 valence electrons. The van der Waals surface area contributed by atoms with Crippen molar-refractivity contribution in [2.24, 2.45) is 0 Å². The molecule has 3 nitrogen and oxygen atoms in total. The number of thioether (sulfide) groups is 1. The number of hydrogen-bond donors (Lipinski definition) is 1. The number of rotatable bonds is 5.